The summed E-state index contributed by atoms with van der Waals surface area (Å²) in [4.78, 5) is 0. The van der Waals surface area contributed by atoms with Crippen molar-refractivity contribution in [3.63, 3.8) is 0 Å². The summed E-state index contributed by atoms with van der Waals surface area (Å²) in [7, 11) is 0. The fraction of sp³-hybridized carbons (Fsp3) is 0.118. The maximum Gasteiger partial charge on any atom is 0.104 e. The van der Waals surface area contributed by atoms with E-state index in [0.717, 1.165) is 16.7 Å². The van der Waals surface area contributed by atoms with Crippen LogP contribution < -0.4 is 0 Å². The van der Waals surface area contributed by atoms with Crippen molar-refractivity contribution in [1.82, 2.24) is 0 Å². The van der Waals surface area contributed by atoms with Gasteiger partial charge in [-0.2, -0.15) is 0 Å². The molecule has 0 heterocycles. The van der Waals surface area contributed by atoms with E-state index < -0.39 is 6.10 Å². The van der Waals surface area contributed by atoms with Gasteiger partial charge >= 0.3 is 0 Å². The fourth-order valence-corrected chi connectivity index (χ4v) is 1.86. The summed E-state index contributed by atoms with van der Waals surface area (Å²) < 4.78 is 0. The van der Waals surface area contributed by atoms with E-state index in [1.165, 1.54) is 0 Å². The second kappa shape index (κ2) is 6.40. The highest BCUT2D eigenvalue weighted by molar-refractivity contribution is 6.30. The first-order valence-corrected chi connectivity index (χ1v) is 6.47. The van der Waals surface area contributed by atoms with Crippen LogP contribution in [0.25, 0.3) is 5.57 Å². The van der Waals surface area contributed by atoms with E-state index in [0.29, 0.717) is 5.02 Å². The molecule has 1 N–H and O–H groups in total. The smallest absolute Gasteiger partial charge is 0.104 e. The van der Waals surface area contributed by atoms with E-state index in [1.54, 1.807) is 18.2 Å². The third kappa shape index (κ3) is 3.84. The van der Waals surface area contributed by atoms with Crippen molar-refractivity contribution in [2.24, 2.45) is 0 Å². The Bertz CT molecular complexity index is 593. The van der Waals surface area contributed by atoms with E-state index in [1.807, 2.05) is 49.4 Å². The molecule has 0 fully saturated rings. The van der Waals surface area contributed by atoms with Gasteiger partial charge in [0.2, 0.25) is 0 Å². The predicted molar refractivity (Wildman–Crippen MR) is 80.0 cm³/mol. The summed E-state index contributed by atoms with van der Waals surface area (Å²) in [5, 5.41) is 10.7. The lowest BCUT2D eigenvalue weighted by Gasteiger charge is -2.04. The Balaban J connectivity index is 2.20. The lowest BCUT2D eigenvalue weighted by atomic mass is 10.1. The van der Waals surface area contributed by atoms with Gasteiger partial charge in [0, 0.05) is 5.02 Å². The fourth-order valence-electron chi connectivity index (χ4n) is 1.73. The molecule has 19 heavy (non-hydrogen) atoms. The van der Waals surface area contributed by atoms with Crippen molar-refractivity contribution < 1.29 is 5.11 Å². The van der Waals surface area contributed by atoms with Crippen molar-refractivity contribution >= 4 is 17.2 Å². The Labute approximate surface area is 118 Å². The lowest BCUT2D eigenvalue weighted by molar-refractivity contribution is 0.229. The van der Waals surface area contributed by atoms with E-state index in [9.17, 15) is 5.11 Å². The van der Waals surface area contributed by atoms with Crippen LogP contribution in [0, 0.1) is 0 Å². The van der Waals surface area contributed by atoms with Crippen molar-refractivity contribution in [3.8, 4) is 0 Å². The van der Waals surface area contributed by atoms with Crippen LogP contribution in [0.2, 0.25) is 5.02 Å². The predicted octanol–water partition coefficient (Wildman–Crippen LogP) is 4.63. The Morgan fingerprint density at radius 2 is 1.74 bits per heavy atom. The van der Waals surface area contributed by atoms with E-state index >= 15 is 0 Å². The zero-order valence-electron chi connectivity index (χ0n) is 10.7. The van der Waals surface area contributed by atoms with Gasteiger partial charge in [-0.25, -0.2) is 0 Å². The maximum atomic E-state index is 10.0. The average Bonchev–Trinajstić information content (AvgIpc) is 2.46. The molecule has 2 heteroatoms. The van der Waals surface area contributed by atoms with Crippen LogP contribution in [0.5, 0.6) is 0 Å². The zero-order chi connectivity index (χ0) is 13.7. The molecule has 0 aliphatic carbocycles. The standard InChI is InChI=1S/C17H15ClO/c1-13(14-5-3-2-4-6-14)7-12-17(19)15-8-10-16(18)11-9-15/h2-6,8-12,17,19H,1H3. The Morgan fingerprint density at radius 1 is 1.11 bits per heavy atom. The number of hydrogen-bond acceptors (Lipinski definition) is 1. The summed E-state index contributed by atoms with van der Waals surface area (Å²) in [6.45, 7) is 1.97. The minimum atomic E-state index is -0.670. The number of hydrogen-bond donors (Lipinski definition) is 1. The minimum Gasteiger partial charge on any atom is -0.384 e. The first kappa shape index (κ1) is 13.6. The molecule has 0 radical (unpaired) electrons. The first-order chi connectivity index (χ1) is 9.16. The second-order valence-electron chi connectivity index (χ2n) is 4.30. The van der Waals surface area contributed by atoms with Gasteiger partial charge in [0.15, 0.2) is 0 Å². The number of benzene rings is 2. The van der Waals surface area contributed by atoms with Crippen molar-refractivity contribution in [3.05, 3.63) is 82.6 Å². The Kier molecular flexibility index (Phi) is 4.59. The SMILES string of the molecule is CC(=C=CC(O)c1ccc(Cl)cc1)c1ccccc1. The van der Waals surface area contributed by atoms with Crippen LogP contribution in [0.1, 0.15) is 24.2 Å². The van der Waals surface area contributed by atoms with Gasteiger partial charge in [-0.1, -0.05) is 54.1 Å². The molecule has 1 nitrogen and oxygen atoms in total. The van der Waals surface area contributed by atoms with Gasteiger partial charge in [-0.3, -0.25) is 0 Å². The average molecular weight is 271 g/mol. The molecular formula is C17H15ClO. The van der Waals surface area contributed by atoms with Crippen LogP contribution in [0.3, 0.4) is 0 Å². The van der Waals surface area contributed by atoms with Crippen LogP contribution >= 0.6 is 11.6 Å². The molecule has 2 aromatic rings. The van der Waals surface area contributed by atoms with Crippen molar-refractivity contribution in [2.75, 3.05) is 0 Å². The highest BCUT2D eigenvalue weighted by Crippen LogP contribution is 2.18. The third-order valence-electron chi connectivity index (χ3n) is 2.88. The second-order valence-corrected chi connectivity index (χ2v) is 4.73. The van der Waals surface area contributed by atoms with Crippen LogP contribution in [0.4, 0.5) is 0 Å². The molecule has 0 saturated heterocycles. The summed E-state index contributed by atoms with van der Waals surface area (Å²) in [6.07, 6.45) is 0.988. The Morgan fingerprint density at radius 3 is 2.37 bits per heavy atom. The van der Waals surface area contributed by atoms with E-state index in [-0.39, 0.29) is 0 Å². The van der Waals surface area contributed by atoms with E-state index in [2.05, 4.69) is 5.73 Å². The molecule has 2 rings (SSSR count). The first-order valence-electron chi connectivity index (χ1n) is 6.09. The summed E-state index contributed by atoms with van der Waals surface area (Å²) >= 11 is 5.81. The Hall–Kier alpha value is -1.79. The summed E-state index contributed by atoms with van der Waals surface area (Å²) in [5.41, 5.74) is 6.02. The molecule has 0 aromatic heterocycles. The van der Waals surface area contributed by atoms with Gasteiger partial charge in [0.1, 0.15) is 6.10 Å². The van der Waals surface area contributed by atoms with Gasteiger partial charge in [-0.05, 0) is 41.8 Å². The molecule has 0 aliphatic rings. The third-order valence-corrected chi connectivity index (χ3v) is 3.13. The largest absolute Gasteiger partial charge is 0.384 e. The molecular weight excluding hydrogens is 256 g/mol. The highest BCUT2D eigenvalue weighted by atomic mass is 35.5. The molecule has 0 amide bonds. The molecule has 0 bridgehead atoms. The number of halogens is 1. The van der Waals surface area contributed by atoms with Gasteiger partial charge in [0.25, 0.3) is 0 Å². The van der Waals surface area contributed by atoms with Gasteiger partial charge in [0.05, 0.1) is 0 Å². The molecule has 0 spiro atoms. The summed E-state index contributed by atoms with van der Waals surface area (Å²) in [5.74, 6) is 0. The monoisotopic (exact) mass is 270 g/mol. The van der Waals surface area contributed by atoms with E-state index in [4.69, 9.17) is 11.6 Å². The molecule has 1 unspecified atom stereocenters. The molecule has 96 valence electrons. The number of aliphatic hydroxyl groups excluding tert-OH is 1. The van der Waals surface area contributed by atoms with Gasteiger partial charge in [-0.15, -0.1) is 5.73 Å². The van der Waals surface area contributed by atoms with Crippen LogP contribution in [-0.4, -0.2) is 5.11 Å². The minimum absolute atomic E-state index is 0.663. The zero-order valence-corrected chi connectivity index (χ0v) is 11.4. The normalized spacial score (nSPS) is 11.5. The number of aliphatic hydroxyl groups is 1. The van der Waals surface area contributed by atoms with Crippen LogP contribution in [0.15, 0.2) is 66.4 Å². The maximum absolute atomic E-state index is 10.0. The van der Waals surface area contributed by atoms with Crippen LogP contribution in [-0.2, 0) is 0 Å². The molecule has 1 atom stereocenters. The highest BCUT2D eigenvalue weighted by Gasteiger charge is 2.02. The quantitative estimate of drug-likeness (QED) is 0.806. The number of rotatable bonds is 3. The molecule has 2 aromatic carbocycles. The molecule has 0 aliphatic heterocycles. The topological polar surface area (TPSA) is 20.2 Å². The lowest BCUT2D eigenvalue weighted by Crippen LogP contribution is -1.91. The molecule has 0 saturated carbocycles. The van der Waals surface area contributed by atoms with Crippen molar-refractivity contribution in [1.29, 1.82) is 0 Å². The van der Waals surface area contributed by atoms with Crippen molar-refractivity contribution in [2.45, 2.75) is 13.0 Å². The van der Waals surface area contributed by atoms with Gasteiger partial charge < -0.3 is 5.11 Å². The summed E-state index contributed by atoms with van der Waals surface area (Å²) in [6, 6.07) is 17.1.